The minimum Gasteiger partial charge on any atom is -0.497 e. The van der Waals surface area contributed by atoms with Gasteiger partial charge in [0, 0.05) is 5.56 Å². The van der Waals surface area contributed by atoms with Gasteiger partial charge in [-0.25, -0.2) is 0 Å². The number of hydrogen-bond donors (Lipinski definition) is 1. The first-order valence-electron chi connectivity index (χ1n) is 6.21. The molecule has 98 valence electrons. The second-order valence-electron chi connectivity index (χ2n) is 4.41. The number of carbonyl (C=O) groups excluding carboxylic acids is 1. The molecule has 0 unspecified atom stereocenters. The van der Waals surface area contributed by atoms with E-state index in [2.05, 4.69) is 6.07 Å². The summed E-state index contributed by atoms with van der Waals surface area (Å²) < 4.78 is 5.20. The summed E-state index contributed by atoms with van der Waals surface area (Å²) in [5.41, 5.74) is 8.18. The smallest absolute Gasteiger partial charge is 0.248 e. The number of hydrogen-bond acceptors (Lipinski definition) is 2. The quantitative estimate of drug-likeness (QED) is 0.892. The Bertz CT molecular complexity index is 561. The van der Waals surface area contributed by atoms with Gasteiger partial charge in [0.1, 0.15) is 5.75 Å². The summed E-state index contributed by atoms with van der Waals surface area (Å²) in [4.78, 5) is 11.0. The van der Waals surface area contributed by atoms with Crippen LogP contribution < -0.4 is 10.5 Å². The van der Waals surface area contributed by atoms with Gasteiger partial charge in [-0.15, -0.1) is 0 Å². The first-order valence-corrected chi connectivity index (χ1v) is 6.21. The average Bonchev–Trinajstić information content (AvgIpc) is 2.46. The Morgan fingerprint density at radius 1 is 1.05 bits per heavy atom. The molecule has 3 heteroatoms. The van der Waals surface area contributed by atoms with Gasteiger partial charge in [0.15, 0.2) is 0 Å². The zero-order valence-corrected chi connectivity index (χ0v) is 10.9. The van der Waals surface area contributed by atoms with Crippen molar-refractivity contribution in [2.45, 2.75) is 12.8 Å². The lowest BCUT2D eigenvalue weighted by Gasteiger charge is -2.05. The van der Waals surface area contributed by atoms with Gasteiger partial charge in [0.05, 0.1) is 7.11 Å². The summed E-state index contributed by atoms with van der Waals surface area (Å²) in [6, 6.07) is 15.5. The highest BCUT2D eigenvalue weighted by atomic mass is 16.5. The molecule has 2 aromatic rings. The summed E-state index contributed by atoms with van der Waals surface area (Å²) >= 11 is 0. The molecule has 0 heterocycles. The van der Waals surface area contributed by atoms with Crippen LogP contribution in [-0.2, 0) is 12.8 Å². The van der Waals surface area contributed by atoms with Crippen LogP contribution in [0.5, 0.6) is 5.75 Å². The SMILES string of the molecule is COc1cccc(CCc2ccc(C(N)=O)cc2)c1. The molecule has 19 heavy (non-hydrogen) atoms. The molecule has 0 aliphatic carbocycles. The largest absolute Gasteiger partial charge is 0.497 e. The van der Waals surface area contributed by atoms with E-state index in [0.29, 0.717) is 5.56 Å². The maximum Gasteiger partial charge on any atom is 0.248 e. The van der Waals surface area contributed by atoms with Crippen LogP contribution in [0.2, 0.25) is 0 Å². The monoisotopic (exact) mass is 255 g/mol. The van der Waals surface area contributed by atoms with Crippen molar-refractivity contribution >= 4 is 5.91 Å². The summed E-state index contributed by atoms with van der Waals surface area (Å²) in [6.07, 6.45) is 1.86. The van der Waals surface area contributed by atoms with Crippen molar-refractivity contribution < 1.29 is 9.53 Å². The van der Waals surface area contributed by atoms with Crippen LogP contribution in [0, 0.1) is 0 Å². The van der Waals surface area contributed by atoms with E-state index in [-0.39, 0.29) is 5.91 Å². The Morgan fingerprint density at radius 2 is 1.74 bits per heavy atom. The number of methoxy groups -OCH3 is 1. The lowest BCUT2D eigenvalue weighted by Crippen LogP contribution is -2.10. The molecule has 0 aliphatic rings. The fraction of sp³-hybridized carbons (Fsp3) is 0.188. The number of benzene rings is 2. The zero-order chi connectivity index (χ0) is 13.7. The zero-order valence-electron chi connectivity index (χ0n) is 10.9. The predicted molar refractivity (Wildman–Crippen MR) is 75.4 cm³/mol. The van der Waals surface area contributed by atoms with Crippen molar-refractivity contribution in [3.05, 3.63) is 65.2 Å². The first-order chi connectivity index (χ1) is 9.19. The molecular formula is C16H17NO2. The van der Waals surface area contributed by atoms with Gasteiger partial charge < -0.3 is 10.5 Å². The van der Waals surface area contributed by atoms with E-state index < -0.39 is 0 Å². The van der Waals surface area contributed by atoms with Gasteiger partial charge in [0.2, 0.25) is 5.91 Å². The van der Waals surface area contributed by atoms with Crippen LogP contribution in [0.15, 0.2) is 48.5 Å². The molecule has 0 spiro atoms. The van der Waals surface area contributed by atoms with Gasteiger partial charge in [-0.3, -0.25) is 4.79 Å². The van der Waals surface area contributed by atoms with E-state index in [0.717, 1.165) is 18.6 Å². The number of ether oxygens (including phenoxy) is 1. The molecule has 3 nitrogen and oxygen atoms in total. The number of primary amides is 1. The van der Waals surface area contributed by atoms with Crippen LogP contribution in [0.25, 0.3) is 0 Å². The van der Waals surface area contributed by atoms with E-state index in [4.69, 9.17) is 10.5 Å². The normalized spacial score (nSPS) is 10.2. The van der Waals surface area contributed by atoms with Crippen LogP contribution in [0.4, 0.5) is 0 Å². The summed E-state index contributed by atoms with van der Waals surface area (Å²) in [5, 5.41) is 0. The summed E-state index contributed by atoms with van der Waals surface area (Å²) in [7, 11) is 1.67. The molecule has 0 bridgehead atoms. The van der Waals surface area contributed by atoms with E-state index in [1.54, 1.807) is 19.2 Å². The van der Waals surface area contributed by atoms with E-state index in [1.165, 1.54) is 11.1 Å². The van der Waals surface area contributed by atoms with Crippen molar-refractivity contribution in [2.75, 3.05) is 7.11 Å². The molecule has 0 saturated carbocycles. The van der Waals surface area contributed by atoms with Gasteiger partial charge in [0.25, 0.3) is 0 Å². The maximum absolute atomic E-state index is 11.0. The molecule has 0 radical (unpaired) electrons. The average molecular weight is 255 g/mol. The number of amides is 1. The molecule has 1 amide bonds. The molecule has 0 aliphatic heterocycles. The fourth-order valence-electron chi connectivity index (χ4n) is 1.95. The Balaban J connectivity index is 1.99. The van der Waals surface area contributed by atoms with Crippen LogP contribution in [-0.4, -0.2) is 13.0 Å². The van der Waals surface area contributed by atoms with Gasteiger partial charge in [-0.1, -0.05) is 24.3 Å². The van der Waals surface area contributed by atoms with E-state index in [1.807, 2.05) is 30.3 Å². The highest BCUT2D eigenvalue weighted by Crippen LogP contribution is 2.15. The summed E-state index contributed by atoms with van der Waals surface area (Å²) in [6.45, 7) is 0. The third-order valence-corrected chi connectivity index (χ3v) is 3.07. The van der Waals surface area contributed by atoms with Crippen molar-refractivity contribution in [3.8, 4) is 5.75 Å². The third-order valence-electron chi connectivity index (χ3n) is 3.07. The molecule has 0 aromatic heterocycles. The molecule has 2 aromatic carbocycles. The topological polar surface area (TPSA) is 52.3 Å². The van der Waals surface area contributed by atoms with Crippen molar-refractivity contribution in [3.63, 3.8) is 0 Å². The lowest BCUT2D eigenvalue weighted by molar-refractivity contribution is 0.100. The van der Waals surface area contributed by atoms with Crippen molar-refractivity contribution in [1.82, 2.24) is 0 Å². The van der Waals surface area contributed by atoms with Gasteiger partial charge >= 0.3 is 0 Å². The Hall–Kier alpha value is -2.29. The number of rotatable bonds is 5. The highest BCUT2D eigenvalue weighted by molar-refractivity contribution is 5.92. The van der Waals surface area contributed by atoms with E-state index in [9.17, 15) is 4.79 Å². The Labute approximate surface area is 113 Å². The van der Waals surface area contributed by atoms with E-state index >= 15 is 0 Å². The second kappa shape index (κ2) is 6.05. The van der Waals surface area contributed by atoms with Crippen LogP contribution in [0.1, 0.15) is 21.5 Å². The molecule has 0 fully saturated rings. The highest BCUT2D eigenvalue weighted by Gasteiger charge is 2.01. The van der Waals surface area contributed by atoms with Crippen molar-refractivity contribution in [1.29, 1.82) is 0 Å². The van der Waals surface area contributed by atoms with Gasteiger partial charge in [-0.2, -0.15) is 0 Å². The van der Waals surface area contributed by atoms with Gasteiger partial charge in [-0.05, 0) is 48.2 Å². The Morgan fingerprint density at radius 3 is 2.37 bits per heavy atom. The predicted octanol–water partition coefficient (Wildman–Crippen LogP) is 2.58. The number of nitrogens with two attached hydrogens (primary N) is 1. The number of aryl methyl sites for hydroxylation is 2. The standard InChI is InChI=1S/C16H17NO2/c1-19-15-4-2-3-13(11-15)6-5-12-7-9-14(10-8-12)16(17)18/h2-4,7-11H,5-6H2,1H3,(H2,17,18). The van der Waals surface area contributed by atoms with Crippen molar-refractivity contribution in [2.24, 2.45) is 5.73 Å². The maximum atomic E-state index is 11.0. The van der Waals surface area contributed by atoms with Crippen LogP contribution in [0.3, 0.4) is 0 Å². The number of carbonyl (C=O) groups is 1. The molecule has 0 saturated heterocycles. The molecule has 0 atom stereocenters. The third kappa shape index (κ3) is 3.58. The lowest BCUT2D eigenvalue weighted by atomic mass is 10.0. The molecule has 2 rings (SSSR count). The first kappa shape index (κ1) is 13.1. The summed E-state index contributed by atoms with van der Waals surface area (Å²) in [5.74, 6) is 0.487. The Kier molecular flexibility index (Phi) is 4.18. The minimum absolute atomic E-state index is 0.389. The minimum atomic E-state index is -0.389. The fourth-order valence-corrected chi connectivity index (χ4v) is 1.95. The second-order valence-corrected chi connectivity index (χ2v) is 4.41. The molecular weight excluding hydrogens is 238 g/mol. The van der Waals surface area contributed by atoms with Crippen LogP contribution >= 0.6 is 0 Å². The molecule has 2 N–H and O–H groups in total.